The van der Waals surface area contributed by atoms with Gasteiger partial charge in [-0.15, -0.1) is 0 Å². The first-order valence-electron chi connectivity index (χ1n) is 10.8. The highest BCUT2D eigenvalue weighted by Gasteiger charge is 2.35. The van der Waals surface area contributed by atoms with Crippen molar-refractivity contribution < 1.29 is 32.0 Å². The van der Waals surface area contributed by atoms with Crippen molar-refractivity contribution in [2.24, 2.45) is 5.92 Å². The van der Waals surface area contributed by atoms with Gasteiger partial charge < -0.3 is 20.3 Å². The molecule has 2 aliphatic rings. The number of aliphatic hydroxyl groups is 1. The monoisotopic (exact) mass is 455 g/mol. The lowest BCUT2D eigenvalue weighted by Crippen LogP contribution is -2.40. The highest BCUT2D eigenvalue weighted by atomic mass is 19.4. The molecule has 10 heteroatoms. The maximum absolute atomic E-state index is 14.1. The number of benzene rings is 1. The van der Waals surface area contributed by atoms with Gasteiger partial charge in [0.15, 0.2) is 11.5 Å². The predicted molar refractivity (Wildman–Crippen MR) is 107 cm³/mol. The van der Waals surface area contributed by atoms with Crippen LogP contribution < -0.4 is 10.6 Å². The summed E-state index contributed by atoms with van der Waals surface area (Å²) < 4.78 is 58.2. The average molecular weight is 455 g/mol. The predicted octanol–water partition coefficient (Wildman–Crippen LogP) is 4.03. The molecule has 1 aromatic carbocycles. The molecule has 0 aliphatic heterocycles. The fourth-order valence-electron chi connectivity index (χ4n) is 4.04. The normalized spacial score (nSPS) is 21.5. The molecule has 0 bridgehead atoms. The van der Waals surface area contributed by atoms with Crippen LogP contribution in [-0.4, -0.2) is 34.9 Å². The maximum atomic E-state index is 14.1. The maximum Gasteiger partial charge on any atom is 0.419 e. The van der Waals surface area contributed by atoms with E-state index >= 15 is 0 Å². The highest BCUT2D eigenvalue weighted by Crippen LogP contribution is 2.35. The Balaban J connectivity index is 1.59. The van der Waals surface area contributed by atoms with Gasteiger partial charge in [-0.05, 0) is 63.1 Å². The molecular weight excluding hydrogens is 430 g/mol. The molecule has 2 aliphatic carbocycles. The smallest absolute Gasteiger partial charge is 0.393 e. The zero-order chi connectivity index (χ0) is 22.9. The van der Waals surface area contributed by atoms with E-state index in [2.05, 4.69) is 15.8 Å². The van der Waals surface area contributed by atoms with Gasteiger partial charge in [0, 0.05) is 23.7 Å². The van der Waals surface area contributed by atoms with Gasteiger partial charge in [-0.2, -0.15) is 13.2 Å². The molecule has 2 atom stereocenters. The lowest BCUT2D eigenvalue weighted by molar-refractivity contribution is -0.139. The number of alkyl halides is 3. The van der Waals surface area contributed by atoms with E-state index in [0.717, 1.165) is 44.4 Å². The first-order valence-corrected chi connectivity index (χ1v) is 10.8. The number of amides is 1. The number of carbonyl (C=O) groups excluding carboxylic acids is 1. The summed E-state index contributed by atoms with van der Waals surface area (Å²) in [6.07, 6.45) is -0.406. The second-order valence-corrected chi connectivity index (χ2v) is 8.60. The molecule has 1 aromatic heterocycles. The van der Waals surface area contributed by atoms with Crippen LogP contribution in [-0.2, 0) is 12.7 Å². The average Bonchev–Trinajstić information content (AvgIpc) is 3.44. The van der Waals surface area contributed by atoms with Crippen molar-refractivity contribution in [3.63, 3.8) is 0 Å². The Morgan fingerprint density at radius 3 is 2.66 bits per heavy atom. The van der Waals surface area contributed by atoms with E-state index in [9.17, 15) is 27.5 Å². The number of halogens is 4. The summed E-state index contributed by atoms with van der Waals surface area (Å²) in [5.74, 6) is -1.31. The van der Waals surface area contributed by atoms with Crippen LogP contribution in [0.15, 0.2) is 22.7 Å². The zero-order valence-corrected chi connectivity index (χ0v) is 17.3. The third kappa shape index (κ3) is 5.29. The molecule has 3 N–H and O–H groups in total. The summed E-state index contributed by atoms with van der Waals surface area (Å²) in [5, 5.41) is 19.8. The largest absolute Gasteiger partial charge is 0.419 e. The Hall–Kier alpha value is -2.46. The topological polar surface area (TPSA) is 87.4 Å². The Kier molecular flexibility index (Phi) is 6.52. The second-order valence-electron chi connectivity index (χ2n) is 8.60. The first kappa shape index (κ1) is 22.7. The Labute approximate surface area is 182 Å². The minimum atomic E-state index is -4.81. The molecule has 6 nitrogen and oxygen atoms in total. The lowest BCUT2D eigenvalue weighted by atomic mass is 9.93. The van der Waals surface area contributed by atoms with E-state index in [-0.39, 0.29) is 29.6 Å². The molecule has 32 heavy (non-hydrogen) atoms. The minimum Gasteiger partial charge on any atom is -0.393 e. The Morgan fingerprint density at radius 2 is 2.00 bits per heavy atom. The highest BCUT2D eigenvalue weighted by molar-refractivity contribution is 5.95. The standard InChI is InChI=1S/C22H25F4N3O3/c23-18-8-13(6-7-17(18)22(24,25)26)20-16(11-27-10-12-4-5-12)19(29-32-20)21(31)28-14-2-1-3-15(30)9-14/h6-8,12,14-15,27,30H,1-5,9-11H2,(H,28,31)/t14-,15+/m0/s1. The summed E-state index contributed by atoms with van der Waals surface area (Å²) in [4.78, 5) is 12.9. The van der Waals surface area contributed by atoms with Crippen LogP contribution in [0.2, 0.25) is 0 Å². The molecule has 4 rings (SSSR count). The minimum absolute atomic E-state index is 0.00339. The summed E-state index contributed by atoms with van der Waals surface area (Å²) in [7, 11) is 0. The summed E-state index contributed by atoms with van der Waals surface area (Å²) in [5.41, 5.74) is -0.941. The third-order valence-electron chi connectivity index (χ3n) is 5.95. The van der Waals surface area contributed by atoms with Crippen LogP contribution in [0, 0.1) is 11.7 Å². The molecule has 0 saturated heterocycles. The van der Waals surface area contributed by atoms with Crippen molar-refractivity contribution >= 4 is 5.91 Å². The van der Waals surface area contributed by atoms with Gasteiger partial charge in [0.1, 0.15) is 5.82 Å². The van der Waals surface area contributed by atoms with Crippen LogP contribution in [0.3, 0.4) is 0 Å². The van der Waals surface area contributed by atoms with E-state index in [0.29, 0.717) is 30.4 Å². The van der Waals surface area contributed by atoms with E-state index < -0.39 is 29.6 Å². The summed E-state index contributed by atoms with van der Waals surface area (Å²) >= 11 is 0. The van der Waals surface area contributed by atoms with E-state index in [1.54, 1.807) is 0 Å². The quantitative estimate of drug-likeness (QED) is 0.549. The van der Waals surface area contributed by atoms with Crippen molar-refractivity contribution in [1.29, 1.82) is 0 Å². The van der Waals surface area contributed by atoms with Gasteiger partial charge in [0.25, 0.3) is 5.91 Å². The third-order valence-corrected chi connectivity index (χ3v) is 5.95. The van der Waals surface area contributed by atoms with Gasteiger partial charge in [-0.3, -0.25) is 4.79 Å². The van der Waals surface area contributed by atoms with Crippen molar-refractivity contribution in [2.45, 2.75) is 63.4 Å². The molecule has 1 heterocycles. The van der Waals surface area contributed by atoms with Crippen molar-refractivity contribution in [1.82, 2.24) is 15.8 Å². The van der Waals surface area contributed by atoms with Gasteiger partial charge in [-0.1, -0.05) is 11.2 Å². The molecule has 0 unspecified atom stereocenters. The number of aliphatic hydroxyl groups excluding tert-OH is 1. The zero-order valence-electron chi connectivity index (χ0n) is 17.3. The van der Waals surface area contributed by atoms with Gasteiger partial charge in [-0.25, -0.2) is 4.39 Å². The number of aromatic nitrogens is 1. The lowest BCUT2D eigenvalue weighted by Gasteiger charge is -2.26. The number of hydrogen-bond acceptors (Lipinski definition) is 5. The summed E-state index contributed by atoms with van der Waals surface area (Å²) in [6, 6.07) is 2.29. The molecule has 0 radical (unpaired) electrons. The van der Waals surface area contributed by atoms with E-state index in [1.165, 1.54) is 0 Å². The molecule has 2 fully saturated rings. The van der Waals surface area contributed by atoms with Crippen molar-refractivity contribution in [3.8, 4) is 11.3 Å². The molecule has 1 amide bonds. The fourth-order valence-corrected chi connectivity index (χ4v) is 4.04. The van der Waals surface area contributed by atoms with Crippen LogP contribution in [0.4, 0.5) is 17.6 Å². The molecule has 2 aromatic rings. The van der Waals surface area contributed by atoms with Crippen LogP contribution in [0.1, 0.15) is 60.1 Å². The molecular formula is C22H25F4N3O3. The number of hydrogen-bond donors (Lipinski definition) is 3. The summed E-state index contributed by atoms with van der Waals surface area (Å²) in [6.45, 7) is 0.926. The number of nitrogens with zero attached hydrogens (tertiary/aromatic N) is 1. The van der Waals surface area contributed by atoms with Crippen molar-refractivity contribution in [3.05, 3.63) is 40.8 Å². The van der Waals surface area contributed by atoms with Gasteiger partial charge in [0.2, 0.25) is 0 Å². The first-order chi connectivity index (χ1) is 15.2. The fraction of sp³-hybridized carbons (Fsp3) is 0.545. The van der Waals surface area contributed by atoms with E-state index in [4.69, 9.17) is 4.52 Å². The second kappa shape index (κ2) is 9.19. The van der Waals surface area contributed by atoms with Crippen LogP contribution in [0.5, 0.6) is 0 Å². The molecule has 2 saturated carbocycles. The molecule has 174 valence electrons. The van der Waals surface area contributed by atoms with Gasteiger partial charge >= 0.3 is 6.18 Å². The number of rotatable bonds is 7. The van der Waals surface area contributed by atoms with E-state index in [1.807, 2.05) is 0 Å². The number of carbonyl (C=O) groups is 1. The Bertz CT molecular complexity index is 972. The van der Waals surface area contributed by atoms with Gasteiger partial charge in [0.05, 0.1) is 11.7 Å². The van der Waals surface area contributed by atoms with Crippen LogP contribution >= 0.6 is 0 Å². The number of nitrogens with one attached hydrogen (secondary N) is 2. The Morgan fingerprint density at radius 1 is 1.22 bits per heavy atom. The SMILES string of the molecule is O=C(N[C@H]1CCC[C@@H](O)C1)c1noc(-c2ccc(C(F)(F)F)c(F)c2)c1CNCC1CC1. The molecule has 0 spiro atoms. The van der Waals surface area contributed by atoms with Crippen molar-refractivity contribution in [2.75, 3.05) is 6.54 Å². The van der Waals surface area contributed by atoms with Crippen LogP contribution in [0.25, 0.3) is 11.3 Å².